The van der Waals surface area contributed by atoms with Gasteiger partial charge in [-0.15, -0.1) is 0 Å². The Hall–Kier alpha value is -1.69. The summed E-state index contributed by atoms with van der Waals surface area (Å²) in [5, 5.41) is 0.0521. The van der Waals surface area contributed by atoms with Crippen LogP contribution in [0.5, 0.6) is 0 Å². The number of hydrazine groups is 1. The molecular formula is C14H14ClF2N3. The zero-order valence-corrected chi connectivity index (χ0v) is 11.3. The van der Waals surface area contributed by atoms with E-state index in [2.05, 4.69) is 5.43 Å². The summed E-state index contributed by atoms with van der Waals surface area (Å²) in [7, 11) is 0. The molecule has 1 unspecified atom stereocenters. The van der Waals surface area contributed by atoms with Gasteiger partial charge in [0.25, 0.3) is 0 Å². The number of benzene rings is 2. The molecule has 0 heterocycles. The summed E-state index contributed by atoms with van der Waals surface area (Å²) in [6.07, 6.45) is 0.359. The van der Waals surface area contributed by atoms with E-state index in [1.807, 2.05) is 0 Å². The van der Waals surface area contributed by atoms with E-state index in [4.69, 9.17) is 23.2 Å². The lowest BCUT2D eigenvalue weighted by molar-refractivity contribution is 0.543. The molecule has 2 aromatic carbocycles. The van der Waals surface area contributed by atoms with Gasteiger partial charge in [-0.25, -0.2) is 8.78 Å². The smallest absolute Gasteiger partial charge is 0.142 e. The molecule has 3 nitrogen and oxygen atoms in total. The summed E-state index contributed by atoms with van der Waals surface area (Å²) in [5.41, 5.74) is 10.0. The van der Waals surface area contributed by atoms with Gasteiger partial charge < -0.3 is 5.73 Å². The summed E-state index contributed by atoms with van der Waals surface area (Å²) in [6.45, 7) is 0. The summed E-state index contributed by atoms with van der Waals surface area (Å²) < 4.78 is 26.7. The predicted molar refractivity (Wildman–Crippen MR) is 76.0 cm³/mol. The zero-order valence-electron chi connectivity index (χ0n) is 10.5. The van der Waals surface area contributed by atoms with Crippen LogP contribution >= 0.6 is 11.6 Å². The van der Waals surface area contributed by atoms with Crippen molar-refractivity contribution in [2.75, 3.05) is 5.73 Å². The minimum Gasteiger partial charge on any atom is -0.398 e. The molecule has 0 aliphatic carbocycles. The van der Waals surface area contributed by atoms with Crippen LogP contribution in [0.4, 0.5) is 14.5 Å². The lowest BCUT2D eigenvalue weighted by Crippen LogP contribution is -2.30. The first-order chi connectivity index (χ1) is 9.51. The quantitative estimate of drug-likeness (QED) is 0.462. The van der Waals surface area contributed by atoms with E-state index in [0.717, 1.165) is 0 Å². The molecular weight excluding hydrogens is 284 g/mol. The Morgan fingerprint density at radius 3 is 2.55 bits per heavy atom. The van der Waals surface area contributed by atoms with Crippen molar-refractivity contribution in [1.82, 2.24) is 5.43 Å². The number of nitrogens with one attached hydrogen (secondary N) is 1. The van der Waals surface area contributed by atoms with Crippen LogP contribution in [0.3, 0.4) is 0 Å². The second-order valence-electron chi connectivity index (χ2n) is 4.45. The van der Waals surface area contributed by atoms with Crippen molar-refractivity contribution < 1.29 is 8.78 Å². The molecule has 0 aliphatic heterocycles. The van der Waals surface area contributed by atoms with Gasteiger partial charge in [0.15, 0.2) is 0 Å². The lowest BCUT2D eigenvalue weighted by Gasteiger charge is -2.18. The van der Waals surface area contributed by atoms with E-state index < -0.39 is 17.7 Å². The van der Waals surface area contributed by atoms with Gasteiger partial charge in [-0.3, -0.25) is 11.3 Å². The van der Waals surface area contributed by atoms with Gasteiger partial charge >= 0.3 is 0 Å². The third-order valence-corrected chi connectivity index (χ3v) is 3.36. The molecule has 0 saturated heterocycles. The third kappa shape index (κ3) is 3.25. The monoisotopic (exact) mass is 297 g/mol. The van der Waals surface area contributed by atoms with E-state index in [1.54, 1.807) is 6.07 Å². The molecule has 0 aliphatic rings. The first-order valence-electron chi connectivity index (χ1n) is 5.96. The maximum absolute atomic E-state index is 13.4. The van der Waals surface area contributed by atoms with Crippen LogP contribution in [-0.4, -0.2) is 0 Å². The molecule has 6 heteroatoms. The van der Waals surface area contributed by atoms with Crippen LogP contribution in [-0.2, 0) is 6.42 Å². The number of halogens is 3. The molecule has 0 amide bonds. The number of anilines is 1. The number of nitrogens with two attached hydrogens (primary N) is 2. The largest absolute Gasteiger partial charge is 0.398 e. The number of rotatable bonds is 4. The second kappa shape index (κ2) is 6.17. The Morgan fingerprint density at radius 1 is 1.15 bits per heavy atom. The topological polar surface area (TPSA) is 64.1 Å². The fourth-order valence-electron chi connectivity index (χ4n) is 2.01. The van der Waals surface area contributed by atoms with Gasteiger partial charge in [0.2, 0.25) is 0 Å². The molecule has 106 valence electrons. The summed E-state index contributed by atoms with van der Waals surface area (Å²) in [4.78, 5) is 0. The van der Waals surface area contributed by atoms with E-state index in [9.17, 15) is 8.78 Å². The lowest BCUT2D eigenvalue weighted by atomic mass is 9.98. The van der Waals surface area contributed by atoms with Gasteiger partial charge in [-0.05, 0) is 47.9 Å². The fraction of sp³-hybridized carbons (Fsp3) is 0.143. The molecule has 0 bridgehead atoms. The minimum atomic E-state index is -0.507. The van der Waals surface area contributed by atoms with Crippen LogP contribution in [0.25, 0.3) is 0 Å². The van der Waals surface area contributed by atoms with Crippen LogP contribution in [0.15, 0.2) is 36.4 Å². The van der Waals surface area contributed by atoms with E-state index in [0.29, 0.717) is 23.2 Å². The van der Waals surface area contributed by atoms with Crippen molar-refractivity contribution in [2.24, 2.45) is 5.84 Å². The highest BCUT2D eigenvalue weighted by molar-refractivity contribution is 6.30. The molecule has 0 fully saturated rings. The van der Waals surface area contributed by atoms with Crippen LogP contribution in [0.2, 0.25) is 5.02 Å². The first kappa shape index (κ1) is 14.7. The third-order valence-electron chi connectivity index (χ3n) is 3.05. The van der Waals surface area contributed by atoms with Gasteiger partial charge in [0.05, 0.1) is 11.1 Å². The number of hydrogen-bond acceptors (Lipinski definition) is 3. The molecule has 0 radical (unpaired) electrons. The Labute approximate surface area is 120 Å². The molecule has 1 atom stereocenters. The number of hydrogen-bond donors (Lipinski definition) is 3. The van der Waals surface area contributed by atoms with Crippen molar-refractivity contribution >= 4 is 17.3 Å². The Bertz CT molecular complexity index is 619. The summed E-state index contributed by atoms with van der Waals surface area (Å²) >= 11 is 5.63. The molecule has 0 saturated carbocycles. The van der Waals surface area contributed by atoms with Crippen molar-refractivity contribution in [3.63, 3.8) is 0 Å². The molecule has 2 rings (SSSR count). The maximum Gasteiger partial charge on any atom is 0.142 e. The summed E-state index contributed by atoms with van der Waals surface area (Å²) in [6, 6.07) is 8.10. The van der Waals surface area contributed by atoms with E-state index in [1.165, 1.54) is 30.3 Å². The molecule has 5 N–H and O–H groups in total. The number of nitrogen functional groups attached to an aromatic ring is 1. The van der Waals surface area contributed by atoms with Crippen molar-refractivity contribution in [1.29, 1.82) is 0 Å². The van der Waals surface area contributed by atoms with Crippen molar-refractivity contribution in [3.05, 3.63) is 64.2 Å². The highest BCUT2D eigenvalue weighted by atomic mass is 35.5. The average Bonchev–Trinajstić information content (AvgIpc) is 2.43. The molecule has 0 spiro atoms. The second-order valence-corrected chi connectivity index (χ2v) is 4.85. The van der Waals surface area contributed by atoms with Gasteiger partial charge in [-0.2, -0.15) is 0 Å². The maximum atomic E-state index is 13.4. The Balaban J connectivity index is 2.28. The highest BCUT2D eigenvalue weighted by Crippen LogP contribution is 2.25. The minimum absolute atomic E-state index is 0.0521. The molecule has 20 heavy (non-hydrogen) atoms. The SMILES string of the molecule is NNC(Cc1ccc(Cl)c(F)c1)c1cc(F)ccc1N. The van der Waals surface area contributed by atoms with Gasteiger partial charge in [-0.1, -0.05) is 17.7 Å². The molecule has 2 aromatic rings. The van der Waals surface area contributed by atoms with Crippen LogP contribution in [0.1, 0.15) is 17.2 Å². The Kier molecular flexibility index (Phi) is 4.54. The van der Waals surface area contributed by atoms with Gasteiger partial charge in [0.1, 0.15) is 11.6 Å². The Morgan fingerprint density at radius 2 is 1.90 bits per heavy atom. The zero-order chi connectivity index (χ0) is 14.7. The van der Waals surface area contributed by atoms with E-state index >= 15 is 0 Å². The van der Waals surface area contributed by atoms with Crippen LogP contribution in [0, 0.1) is 11.6 Å². The fourth-order valence-corrected chi connectivity index (χ4v) is 2.13. The predicted octanol–water partition coefficient (Wildman–Crippen LogP) is 2.95. The van der Waals surface area contributed by atoms with Crippen molar-refractivity contribution in [3.8, 4) is 0 Å². The summed E-state index contributed by atoms with van der Waals surface area (Å²) in [5.74, 6) is 4.58. The van der Waals surface area contributed by atoms with Crippen molar-refractivity contribution in [2.45, 2.75) is 12.5 Å². The first-order valence-corrected chi connectivity index (χ1v) is 6.34. The highest BCUT2D eigenvalue weighted by Gasteiger charge is 2.15. The molecule has 0 aromatic heterocycles. The van der Waals surface area contributed by atoms with Crippen LogP contribution < -0.4 is 17.0 Å². The average molecular weight is 298 g/mol. The van der Waals surface area contributed by atoms with Gasteiger partial charge in [0, 0.05) is 5.69 Å². The van der Waals surface area contributed by atoms with E-state index in [-0.39, 0.29) is 5.02 Å². The standard InChI is InChI=1S/C14H14ClF2N3/c15-11-3-1-8(5-12(11)17)6-14(20-19)10-7-9(16)2-4-13(10)18/h1-5,7,14,20H,6,18-19H2. The normalized spacial score (nSPS) is 12.4.